The Hall–Kier alpha value is -3.56. The number of aromatic nitrogens is 6. The van der Waals surface area contributed by atoms with Gasteiger partial charge in [0.15, 0.2) is 0 Å². The van der Waals surface area contributed by atoms with Crippen molar-refractivity contribution in [1.82, 2.24) is 34.8 Å². The molecule has 0 aromatic carbocycles. The lowest BCUT2D eigenvalue weighted by Gasteiger charge is -2.13. The van der Waals surface area contributed by atoms with E-state index in [0.717, 1.165) is 17.0 Å². The molecular formula is C18H20N8O2. The van der Waals surface area contributed by atoms with Crippen molar-refractivity contribution < 1.29 is 9.59 Å². The van der Waals surface area contributed by atoms with Crippen LogP contribution < -0.4 is 10.6 Å². The summed E-state index contributed by atoms with van der Waals surface area (Å²) in [7, 11) is 0. The highest BCUT2D eigenvalue weighted by Gasteiger charge is 2.27. The smallest absolute Gasteiger partial charge is 0.291 e. The Labute approximate surface area is 161 Å². The van der Waals surface area contributed by atoms with Gasteiger partial charge in [-0.15, -0.1) is 5.10 Å². The summed E-state index contributed by atoms with van der Waals surface area (Å²) < 4.78 is 3.28. The van der Waals surface area contributed by atoms with Gasteiger partial charge in [0.2, 0.25) is 11.7 Å². The zero-order valence-electron chi connectivity index (χ0n) is 15.6. The van der Waals surface area contributed by atoms with Crippen molar-refractivity contribution in [3.05, 3.63) is 53.5 Å². The molecular weight excluding hydrogens is 360 g/mol. The normalized spacial score (nSPS) is 16.2. The largest absolute Gasteiger partial charge is 0.337 e. The third-order valence-corrected chi connectivity index (χ3v) is 4.57. The van der Waals surface area contributed by atoms with E-state index in [4.69, 9.17) is 0 Å². The van der Waals surface area contributed by atoms with Crippen molar-refractivity contribution in [2.75, 3.05) is 5.32 Å². The molecule has 2 N–H and O–H groups in total. The van der Waals surface area contributed by atoms with Crippen molar-refractivity contribution in [1.29, 1.82) is 0 Å². The molecule has 4 heterocycles. The Morgan fingerprint density at radius 1 is 1.32 bits per heavy atom. The van der Waals surface area contributed by atoms with Crippen LogP contribution in [0.15, 0.2) is 30.7 Å². The summed E-state index contributed by atoms with van der Waals surface area (Å²) >= 11 is 0. The third-order valence-electron chi connectivity index (χ3n) is 4.57. The molecule has 0 aliphatic carbocycles. The van der Waals surface area contributed by atoms with Gasteiger partial charge in [-0.25, -0.2) is 14.3 Å². The number of rotatable bonds is 4. The fourth-order valence-electron chi connectivity index (χ4n) is 3.09. The molecule has 1 aliphatic heterocycles. The number of carbonyl (C=O) groups excluding carboxylic acids is 2. The number of hydrogen-bond acceptors (Lipinski definition) is 6. The van der Waals surface area contributed by atoms with Crippen LogP contribution in [0.4, 0.5) is 5.82 Å². The van der Waals surface area contributed by atoms with Crippen molar-refractivity contribution in [3.63, 3.8) is 0 Å². The maximum absolute atomic E-state index is 12.5. The average Bonchev–Trinajstić information content (AvgIpc) is 3.23. The second kappa shape index (κ2) is 7.22. The van der Waals surface area contributed by atoms with Crippen LogP contribution in [0.1, 0.15) is 34.0 Å². The van der Waals surface area contributed by atoms with Crippen LogP contribution in [0.3, 0.4) is 0 Å². The van der Waals surface area contributed by atoms with Gasteiger partial charge in [-0.05, 0) is 31.9 Å². The molecule has 0 spiro atoms. The molecule has 3 aromatic heterocycles. The summed E-state index contributed by atoms with van der Waals surface area (Å²) in [5.41, 5.74) is 2.72. The standard InChI is InChI=1S/C18H20N8O2/c1-11-4-3-6-19-14(11)9-25-10-20-16(24-25)18(28)21-13-5-7-26-15(22-17(13)27)8-12(2)23-26/h3-4,6,8,10,13H,5,7,9H2,1-2H3,(H,21,28)(H,22,27)/t13-/m0/s1. The SMILES string of the molecule is Cc1cc2n(n1)CC[C@H](NC(=O)c1ncn(Cc3ncccc3C)n1)C(=O)N2. The lowest BCUT2D eigenvalue weighted by atomic mass is 10.2. The molecule has 28 heavy (non-hydrogen) atoms. The molecule has 0 unspecified atom stereocenters. The lowest BCUT2D eigenvalue weighted by molar-refractivity contribution is -0.118. The Kier molecular flexibility index (Phi) is 4.60. The van der Waals surface area contributed by atoms with E-state index in [0.29, 0.717) is 25.3 Å². The van der Waals surface area contributed by atoms with E-state index in [1.165, 1.54) is 6.33 Å². The molecule has 0 fully saturated rings. The van der Waals surface area contributed by atoms with Crippen LogP contribution in [0.2, 0.25) is 0 Å². The molecule has 0 bridgehead atoms. The minimum absolute atomic E-state index is 0.0132. The fourth-order valence-corrected chi connectivity index (χ4v) is 3.09. The van der Waals surface area contributed by atoms with Gasteiger partial charge in [-0.2, -0.15) is 5.10 Å². The zero-order chi connectivity index (χ0) is 19.7. The molecule has 10 nitrogen and oxygen atoms in total. The summed E-state index contributed by atoms with van der Waals surface area (Å²) in [6.45, 7) is 4.76. The number of nitrogens with one attached hydrogen (secondary N) is 2. The van der Waals surface area contributed by atoms with E-state index in [2.05, 4.69) is 30.8 Å². The van der Waals surface area contributed by atoms with E-state index in [-0.39, 0.29) is 11.7 Å². The molecule has 3 aromatic rings. The first-order valence-electron chi connectivity index (χ1n) is 8.96. The predicted octanol–water partition coefficient (Wildman–Crippen LogP) is 0.676. The minimum Gasteiger partial charge on any atom is -0.337 e. The van der Waals surface area contributed by atoms with Crippen LogP contribution >= 0.6 is 0 Å². The maximum atomic E-state index is 12.5. The van der Waals surface area contributed by atoms with E-state index in [9.17, 15) is 9.59 Å². The van der Waals surface area contributed by atoms with E-state index in [1.54, 1.807) is 21.6 Å². The predicted molar refractivity (Wildman–Crippen MR) is 99.6 cm³/mol. The number of carbonyl (C=O) groups is 2. The van der Waals surface area contributed by atoms with E-state index >= 15 is 0 Å². The average molecular weight is 380 g/mol. The number of pyridine rings is 1. The fraction of sp³-hybridized carbons (Fsp3) is 0.333. The van der Waals surface area contributed by atoms with Gasteiger partial charge in [0.1, 0.15) is 18.2 Å². The zero-order valence-corrected chi connectivity index (χ0v) is 15.6. The molecule has 2 amide bonds. The summed E-state index contributed by atoms with van der Waals surface area (Å²) in [5.74, 6) is -0.130. The second-order valence-electron chi connectivity index (χ2n) is 6.73. The summed E-state index contributed by atoms with van der Waals surface area (Å²) in [6.07, 6.45) is 3.62. The first kappa shape index (κ1) is 17.8. The van der Waals surface area contributed by atoms with Gasteiger partial charge in [-0.1, -0.05) is 6.07 Å². The number of anilines is 1. The van der Waals surface area contributed by atoms with Crippen LogP contribution in [0, 0.1) is 13.8 Å². The van der Waals surface area contributed by atoms with Gasteiger partial charge >= 0.3 is 0 Å². The van der Waals surface area contributed by atoms with E-state index < -0.39 is 11.9 Å². The van der Waals surface area contributed by atoms with Crippen molar-refractivity contribution in [2.24, 2.45) is 0 Å². The highest BCUT2D eigenvalue weighted by Crippen LogP contribution is 2.16. The van der Waals surface area contributed by atoms with Crippen LogP contribution in [-0.4, -0.2) is 47.4 Å². The monoisotopic (exact) mass is 380 g/mol. The number of hydrogen-bond donors (Lipinski definition) is 2. The number of fused-ring (bicyclic) bond motifs is 1. The Bertz CT molecular complexity index is 1040. The quantitative estimate of drug-likeness (QED) is 0.687. The number of nitrogens with zero attached hydrogens (tertiary/aromatic N) is 6. The topological polar surface area (TPSA) is 120 Å². The highest BCUT2D eigenvalue weighted by molar-refractivity contribution is 5.99. The highest BCUT2D eigenvalue weighted by atomic mass is 16.2. The Morgan fingerprint density at radius 2 is 2.18 bits per heavy atom. The molecule has 1 atom stereocenters. The minimum atomic E-state index is -0.681. The van der Waals surface area contributed by atoms with Gasteiger partial charge in [0, 0.05) is 18.8 Å². The number of aryl methyl sites for hydroxylation is 3. The summed E-state index contributed by atoms with van der Waals surface area (Å²) in [6, 6.07) is 4.94. The first-order valence-corrected chi connectivity index (χ1v) is 8.96. The lowest BCUT2D eigenvalue weighted by Crippen LogP contribution is -2.43. The van der Waals surface area contributed by atoms with Gasteiger partial charge < -0.3 is 10.6 Å². The first-order chi connectivity index (χ1) is 13.5. The van der Waals surface area contributed by atoms with Crippen molar-refractivity contribution >= 4 is 17.6 Å². The summed E-state index contributed by atoms with van der Waals surface area (Å²) in [4.78, 5) is 33.3. The second-order valence-corrected chi connectivity index (χ2v) is 6.73. The van der Waals surface area contributed by atoms with Crippen molar-refractivity contribution in [3.8, 4) is 0 Å². The van der Waals surface area contributed by atoms with Gasteiger partial charge in [0.25, 0.3) is 5.91 Å². The number of amides is 2. The van der Waals surface area contributed by atoms with Crippen molar-refractivity contribution in [2.45, 2.75) is 39.4 Å². The molecule has 0 radical (unpaired) electrons. The van der Waals surface area contributed by atoms with Crippen LogP contribution in [-0.2, 0) is 17.9 Å². The molecule has 10 heteroatoms. The van der Waals surface area contributed by atoms with Gasteiger partial charge in [-0.3, -0.25) is 14.6 Å². The Morgan fingerprint density at radius 3 is 3.00 bits per heavy atom. The molecule has 1 aliphatic rings. The molecule has 0 saturated carbocycles. The van der Waals surface area contributed by atoms with Crippen LogP contribution in [0.25, 0.3) is 0 Å². The maximum Gasteiger partial charge on any atom is 0.291 e. The van der Waals surface area contributed by atoms with E-state index in [1.807, 2.05) is 26.0 Å². The molecule has 4 rings (SSSR count). The Balaban J connectivity index is 1.41. The van der Waals surface area contributed by atoms with Gasteiger partial charge in [0.05, 0.1) is 17.9 Å². The molecule has 0 saturated heterocycles. The summed E-state index contributed by atoms with van der Waals surface area (Å²) in [5, 5.41) is 14.0. The molecule has 144 valence electrons. The van der Waals surface area contributed by atoms with Crippen LogP contribution in [0.5, 0.6) is 0 Å². The third kappa shape index (κ3) is 3.61.